The van der Waals surface area contributed by atoms with Crippen LogP contribution in [-0.2, 0) is 16.0 Å². The minimum Gasteiger partial charge on any atom is -0.493 e. The number of hydrogen-bond acceptors (Lipinski definition) is 5. The van der Waals surface area contributed by atoms with Gasteiger partial charge in [0.05, 0.1) is 26.1 Å². The van der Waals surface area contributed by atoms with E-state index in [2.05, 4.69) is 27.7 Å². The fourth-order valence-corrected chi connectivity index (χ4v) is 6.99. The van der Waals surface area contributed by atoms with Gasteiger partial charge in [-0.15, -0.1) is 0 Å². The lowest BCUT2D eigenvalue weighted by atomic mass is 9.81. The van der Waals surface area contributed by atoms with Crippen molar-refractivity contribution in [3.8, 4) is 11.5 Å². The molecule has 1 aromatic rings. The molecule has 1 spiro atoms. The van der Waals surface area contributed by atoms with Gasteiger partial charge in [-0.1, -0.05) is 18.2 Å². The summed E-state index contributed by atoms with van der Waals surface area (Å²) in [6, 6.07) is 5.83. The third-order valence-electron chi connectivity index (χ3n) is 9.01. The van der Waals surface area contributed by atoms with Gasteiger partial charge >= 0.3 is 0 Å². The van der Waals surface area contributed by atoms with E-state index in [9.17, 15) is 9.59 Å². The molecule has 1 aliphatic heterocycles. The number of ether oxygens (including phenoxy) is 2. The number of carbonyl (C=O) groups is 2. The Bertz CT molecular complexity index is 983. The summed E-state index contributed by atoms with van der Waals surface area (Å²) in [5, 5.41) is 6.35. The van der Waals surface area contributed by atoms with Gasteiger partial charge in [0.15, 0.2) is 11.5 Å². The predicted octanol–water partition coefficient (Wildman–Crippen LogP) is 3.18. The Balaban J connectivity index is 1.15. The van der Waals surface area contributed by atoms with Crippen LogP contribution in [0.4, 0.5) is 0 Å². The second-order valence-corrected chi connectivity index (χ2v) is 11.0. The average Bonchev–Trinajstić information content (AvgIpc) is 3.25. The SMILES string of the molecule is COc1ccc(CCNC(=O)[C@H]2[C@H](C(=O)NCCCCN3CCCC3)[C@H]3C=C[C@@H]2C32CC2)cc1OC. The van der Waals surface area contributed by atoms with Crippen molar-refractivity contribution in [2.75, 3.05) is 46.9 Å². The number of rotatable bonds is 12. The number of allylic oxidation sites excluding steroid dienone is 2. The molecule has 1 aromatic carbocycles. The molecule has 3 aliphatic carbocycles. The number of carbonyl (C=O) groups excluding carboxylic acids is 2. The van der Waals surface area contributed by atoms with Gasteiger partial charge in [-0.05, 0) is 99.5 Å². The van der Waals surface area contributed by atoms with Crippen molar-refractivity contribution < 1.29 is 19.1 Å². The molecule has 0 unspecified atom stereocenters. The Morgan fingerprint density at radius 3 is 2.17 bits per heavy atom. The highest BCUT2D eigenvalue weighted by molar-refractivity contribution is 5.90. The van der Waals surface area contributed by atoms with Crippen LogP contribution in [0.5, 0.6) is 11.5 Å². The van der Waals surface area contributed by atoms with Crippen LogP contribution in [0.1, 0.15) is 44.1 Å². The van der Waals surface area contributed by atoms with Gasteiger partial charge in [0.2, 0.25) is 11.8 Å². The summed E-state index contributed by atoms with van der Waals surface area (Å²) >= 11 is 0. The van der Waals surface area contributed by atoms with Crippen LogP contribution in [0.25, 0.3) is 0 Å². The molecule has 1 heterocycles. The van der Waals surface area contributed by atoms with Gasteiger partial charge < -0.3 is 25.0 Å². The van der Waals surface area contributed by atoms with E-state index in [0.717, 1.165) is 37.8 Å². The molecule has 7 heteroatoms. The Hall–Kier alpha value is -2.54. The number of unbranched alkanes of at least 4 members (excludes halogenated alkanes) is 1. The van der Waals surface area contributed by atoms with E-state index in [-0.39, 0.29) is 40.9 Å². The Labute approximate surface area is 215 Å². The predicted molar refractivity (Wildman–Crippen MR) is 139 cm³/mol. The highest BCUT2D eigenvalue weighted by atomic mass is 16.5. The van der Waals surface area contributed by atoms with E-state index in [4.69, 9.17) is 9.47 Å². The van der Waals surface area contributed by atoms with Crippen molar-refractivity contribution in [2.24, 2.45) is 29.1 Å². The average molecular weight is 496 g/mol. The number of amides is 2. The summed E-state index contributed by atoms with van der Waals surface area (Å²) in [6.07, 6.45) is 12.1. The zero-order chi connectivity index (χ0) is 25.1. The molecule has 3 fully saturated rings. The highest BCUT2D eigenvalue weighted by Crippen LogP contribution is 2.72. The lowest BCUT2D eigenvalue weighted by Crippen LogP contribution is -2.44. The lowest BCUT2D eigenvalue weighted by molar-refractivity contribution is -0.135. The molecule has 36 heavy (non-hydrogen) atoms. The lowest BCUT2D eigenvalue weighted by Gasteiger charge is -2.26. The molecule has 0 radical (unpaired) electrons. The number of methoxy groups -OCH3 is 2. The van der Waals surface area contributed by atoms with Gasteiger partial charge in [-0.3, -0.25) is 9.59 Å². The zero-order valence-corrected chi connectivity index (χ0v) is 21.8. The molecule has 0 aromatic heterocycles. The Morgan fingerprint density at radius 2 is 1.56 bits per heavy atom. The first-order valence-corrected chi connectivity index (χ1v) is 13.7. The quantitative estimate of drug-likeness (QED) is 0.344. The van der Waals surface area contributed by atoms with Gasteiger partial charge in [-0.2, -0.15) is 0 Å². The first-order chi connectivity index (χ1) is 17.6. The number of benzene rings is 1. The maximum Gasteiger partial charge on any atom is 0.224 e. The summed E-state index contributed by atoms with van der Waals surface area (Å²) < 4.78 is 10.7. The van der Waals surface area contributed by atoms with Crippen LogP contribution < -0.4 is 20.1 Å². The van der Waals surface area contributed by atoms with Crippen molar-refractivity contribution in [1.82, 2.24) is 15.5 Å². The zero-order valence-electron chi connectivity index (χ0n) is 21.8. The fourth-order valence-electron chi connectivity index (χ4n) is 6.99. The molecule has 1 saturated heterocycles. The summed E-state index contributed by atoms with van der Waals surface area (Å²) in [5.74, 6) is 1.35. The van der Waals surface area contributed by atoms with E-state index >= 15 is 0 Å². The summed E-state index contributed by atoms with van der Waals surface area (Å²) in [4.78, 5) is 29.3. The van der Waals surface area contributed by atoms with E-state index in [0.29, 0.717) is 31.0 Å². The summed E-state index contributed by atoms with van der Waals surface area (Å²) in [6.45, 7) is 4.79. The van der Waals surface area contributed by atoms with Crippen molar-refractivity contribution in [3.63, 3.8) is 0 Å². The van der Waals surface area contributed by atoms with Crippen LogP contribution in [0.3, 0.4) is 0 Å². The number of likely N-dealkylation sites (tertiary alicyclic amines) is 1. The van der Waals surface area contributed by atoms with Gasteiger partial charge in [-0.25, -0.2) is 0 Å². The van der Waals surface area contributed by atoms with E-state index in [1.807, 2.05) is 18.2 Å². The van der Waals surface area contributed by atoms with Gasteiger partial charge in [0, 0.05) is 13.1 Å². The largest absolute Gasteiger partial charge is 0.493 e. The second kappa shape index (κ2) is 10.8. The third-order valence-corrected chi connectivity index (χ3v) is 9.01. The first kappa shape index (κ1) is 25.1. The number of nitrogens with one attached hydrogen (secondary N) is 2. The fraction of sp³-hybridized carbons (Fsp3) is 0.655. The van der Waals surface area contributed by atoms with Crippen LogP contribution in [0, 0.1) is 29.1 Å². The van der Waals surface area contributed by atoms with E-state index < -0.39 is 0 Å². The molecular weight excluding hydrogens is 454 g/mol. The van der Waals surface area contributed by atoms with Gasteiger partial charge in [0.25, 0.3) is 0 Å². The number of nitrogens with zero attached hydrogens (tertiary/aromatic N) is 1. The summed E-state index contributed by atoms with van der Waals surface area (Å²) in [5.41, 5.74) is 1.23. The Kier molecular flexibility index (Phi) is 7.56. The molecule has 4 atom stereocenters. The molecule has 2 amide bonds. The van der Waals surface area contributed by atoms with Crippen molar-refractivity contribution >= 4 is 11.8 Å². The van der Waals surface area contributed by atoms with Crippen molar-refractivity contribution in [3.05, 3.63) is 35.9 Å². The van der Waals surface area contributed by atoms with E-state index in [1.165, 1.54) is 25.9 Å². The molecular formula is C29H41N3O4. The molecule has 2 bridgehead atoms. The summed E-state index contributed by atoms with van der Waals surface area (Å²) in [7, 11) is 3.24. The van der Waals surface area contributed by atoms with Crippen LogP contribution >= 0.6 is 0 Å². The molecule has 4 aliphatic rings. The maximum absolute atomic E-state index is 13.4. The Morgan fingerprint density at radius 1 is 0.917 bits per heavy atom. The maximum atomic E-state index is 13.4. The monoisotopic (exact) mass is 495 g/mol. The van der Waals surface area contributed by atoms with Crippen LogP contribution in [-0.4, -0.2) is 63.7 Å². The smallest absolute Gasteiger partial charge is 0.224 e. The van der Waals surface area contributed by atoms with Crippen LogP contribution in [0.2, 0.25) is 0 Å². The minimum absolute atomic E-state index is 0.0211. The van der Waals surface area contributed by atoms with Crippen molar-refractivity contribution in [1.29, 1.82) is 0 Å². The molecule has 196 valence electrons. The minimum atomic E-state index is -0.266. The standard InChI is InChI=1S/C29H41N3O4/c1-35-23-10-7-20(19-24(23)36-2)11-15-31-28(34)26-22-9-8-21(29(22)12-13-29)25(26)27(33)30-14-3-4-16-32-17-5-6-18-32/h7-10,19,21-22,25-26H,3-6,11-18H2,1-2H3,(H,30,33)(H,31,34)/t21-,22+,25-,26-/m1/s1. The van der Waals surface area contributed by atoms with E-state index in [1.54, 1.807) is 14.2 Å². The van der Waals surface area contributed by atoms with Gasteiger partial charge in [0.1, 0.15) is 0 Å². The first-order valence-electron chi connectivity index (χ1n) is 13.7. The second-order valence-electron chi connectivity index (χ2n) is 11.0. The normalized spacial score (nSPS) is 27.4. The molecule has 2 N–H and O–H groups in total. The van der Waals surface area contributed by atoms with Crippen molar-refractivity contribution in [2.45, 2.75) is 44.9 Å². The number of hydrogen-bond donors (Lipinski definition) is 2. The van der Waals surface area contributed by atoms with Crippen LogP contribution in [0.15, 0.2) is 30.4 Å². The highest BCUT2D eigenvalue weighted by Gasteiger charge is 2.69. The third kappa shape index (κ3) is 4.86. The topological polar surface area (TPSA) is 79.9 Å². The molecule has 7 nitrogen and oxygen atoms in total. The molecule has 2 saturated carbocycles. The molecule has 5 rings (SSSR count).